The monoisotopic (exact) mass is 138 g/mol. The zero-order valence-corrected chi connectivity index (χ0v) is 5.68. The first-order chi connectivity index (χ1) is 4.83. The molecule has 0 atom stereocenters. The number of esters is 1. The highest BCUT2D eigenvalue weighted by atomic mass is 16.5. The second-order valence-electron chi connectivity index (χ2n) is 1.88. The van der Waals surface area contributed by atoms with Gasteiger partial charge in [0, 0.05) is 6.20 Å². The maximum atomic E-state index is 10.6. The fraction of sp³-hybridized carbons (Fsp3) is 0.286. The fourth-order valence-corrected chi connectivity index (χ4v) is 0.649. The van der Waals surface area contributed by atoms with Crippen LogP contribution in [-0.4, -0.2) is 18.1 Å². The molecule has 0 aliphatic carbocycles. The van der Waals surface area contributed by atoms with E-state index < -0.39 is 0 Å². The molecule has 0 bridgehead atoms. The van der Waals surface area contributed by atoms with Gasteiger partial charge in [0.05, 0.1) is 19.7 Å². The molecular formula is C7H8NO2. The van der Waals surface area contributed by atoms with Gasteiger partial charge in [0.15, 0.2) is 0 Å². The first-order valence-corrected chi connectivity index (χ1v) is 2.93. The van der Waals surface area contributed by atoms with Crippen molar-refractivity contribution in [2.75, 3.05) is 7.11 Å². The van der Waals surface area contributed by atoms with Gasteiger partial charge >= 0.3 is 5.97 Å². The van der Waals surface area contributed by atoms with Crippen LogP contribution in [0, 0.1) is 6.20 Å². The molecule has 0 aromatic carbocycles. The molecule has 1 heterocycles. The molecule has 0 unspecified atom stereocenters. The lowest BCUT2D eigenvalue weighted by molar-refractivity contribution is -0.139. The van der Waals surface area contributed by atoms with E-state index in [-0.39, 0.29) is 5.97 Å². The normalized spacial score (nSPS) is 9.30. The quantitative estimate of drug-likeness (QED) is 0.606. The lowest BCUT2D eigenvalue weighted by Gasteiger charge is -1.93. The molecular weight excluding hydrogens is 130 g/mol. The number of nitrogens with one attached hydrogen (secondary N) is 1. The van der Waals surface area contributed by atoms with Gasteiger partial charge in [0.2, 0.25) is 0 Å². The van der Waals surface area contributed by atoms with Gasteiger partial charge in [-0.15, -0.1) is 0 Å². The van der Waals surface area contributed by atoms with Crippen molar-refractivity contribution >= 4 is 5.97 Å². The van der Waals surface area contributed by atoms with Crippen LogP contribution >= 0.6 is 0 Å². The molecule has 0 fully saturated rings. The van der Waals surface area contributed by atoms with Crippen molar-refractivity contribution in [3.8, 4) is 0 Å². The van der Waals surface area contributed by atoms with Gasteiger partial charge in [-0.05, 0) is 11.6 Å². The third-order valence-corrected chi connectivity index (χ3v) is 1.16. The second-order valence-corrected chi connectivity index (χ2v) is 1.88. The first-order valence-electron chi connectivity index (χ1n) is 2.93. The molecule has 1 aromatic rings. The lowest BCUT2D eigenvalue weighted by Crippen LogP contribution is -2.03. The smallest absolute Gasteiger partial charge is 0.310 e. The first kappa shape index (κ1) is 6.86. The van der Waals surface area contributed by atoms with Gasteiger partial charge < -0.3 is 9.72 Å². The van der Waals surface area contributed by atoms with E-state index >= 15 is 0 Å². The van der Waals surface area contributed by atoms with E-state index in [4.69, 9.17) is 0 Å². The molecule has 0 spiro atoms. The van der Waals surface area contributed by atoms with Gasteiger partial charge in [-0.1, -0.05) is 0 Å². The van der Waals surface area contributed by atoms with Crippen LogP contribution in [0.4, 0.5) is 0 Å². The minimum absolute atomic E-state index is 0.240. The van der Waals surface area contributed by atoms with E-state index in [0.29, 0.717) is 6.42 Å². The summed E-state index contributed by atoms with van der Waals surface area (Å²) in [6.07, 6.45) is 4.79. The molecule has 10 heavy (non-hydrogen) atoms. The number of methoxy groups -OCH3 is 1. The number of carbonyl (C=O) groups excluding carboxylic acids is 1. The topological polar surface area (TPSA) is 42.1 Å². The lowest BCUT2D eigenvalue weighted by atomic mass is 10.2. The molecule has 1 N–H and O–H groups in total. The van der Waals surface area contributed by atoms with Crippen LogP contribution in [-0.2, 0) is 16.0 Å². The maximum absolute atomic E-state index is 10.6. The summed E-state index contributed by atoms with van der Waals surface area (Å²) < 4.78 is 4.45. The van der Waals surface area contributed by atoms with Crippen molar-refractivity contribution in [2.45, 2.75) is 6.42 Å². The van der Waals surface area contributed by atoms with E-state index in [1.807, 2.05) is 0 Å². The summed E-state index contributed by atoms with van der Waals surface area (Å²) in [6.45, 7) is 0. The number of aromatic nitrogens is 1. The molecule has 0 saturated carbocycles. The Morgan fingerprint density at radius 1 is 1.90 bits per heavy atom. The molecule has 3 heteroatoms. The second kappa shape index (κ2) is 3.06. The number of ether oxygens (including phenoxy) is 1. The van der Waals surface area contributed by atoms with Crippen LogP contribution in [0.15, 0.2) is 12.3 Å². The van der Waals surface area contributed by atoms with E-state index in [1.165, 1.54) is 7.11 Å². The van der Waals surface area contributed by atoms with Crippen LogP contribution < -0.4 is 0 Å². The number of rotatable bonds is 2. The van der Waals surface area contributed by atoms with Crippen LogP contribution in [0.25, 0.3) is 0 Å². The Kier molecular flexibility index (Phi) is 2.10. The summed E-state index contributed by atoms with van der Waals surface area (Å²) in [7, 11) is 1.37. The SMILES string of the molecule is COC(=O)Cc1[c][nH]cc1. The molecule has 0 aliphatic heterocycles. The van der Waals surface area contributed by atoms with E-state index in [2.05, 4.69) is 15.9 Å². The third-order valence-electron chi connectivity index (χ3n) is 1.16. The summed E-state index contributed by atoms with van der Waals surface area (Å²) >= 11 is 0. The standard InChI is InChI=1S/C7H8NO2/c1-10-7(9)4-6-2-3-8-5-6/h2-3,8H,4H2,1H3. The average Bonchev–Trinajstić information content (AvgIpc) is 2.40. The van der Waals surface area contributed by atoms with Gasteiger partial charge in [0.1, 0.15) is 0 Å². The number of carbonyl (C=O) groups is 1. The summed E-state index contributed by atoms with van der Waals surface area (Å²) in [5.41, 5.74) is 0.826. The number of hydrogen-bond acceptors (Lipinski definition) is 2. The molecule has 0 aliphatic rings. The predicted molar refractivity (Wildman–Crippen MR) is 35.3 cm³/mol. The highest BCUT2D eigenvalue weighted by Crippen LogP contribution is 1.96. The predicted octanol–water partition coefficient (Wildman–Crippen LogP) is 0.530. The van der Waals surface area contributed by atoms with Gasteiger partial charge in [-0.3, -0.25) is 4.79 Å². The summed E-state index contributed by atoms with van der Waals surface area (Å²) in [6, 6.07) is 1.79. The van der Waals surface area contributed by atoms with Crippen molar-refractivity contribution in [3.63, 3.8) is 0 Å². The Hall–Kier alpha value is -1.25. The van der Waals surface area contributed by atoms with Crippen molar-refractivity contribution in [1.29, 1.82) is 0 Å². The van der Waals surface area contributed by atoms with Crippen LogP contribution in [0.1, 0.15) is 5.56 Å². The Morgan fingerprint density at radius 2 is 2.70 bits per heavy atom. The maximum Gasteiger partial charge on any atom is 0.310 e. The molecule has 1 aromatic heterocycles. The zero-order valence-electron chi connectivity index (χ0n) is 5.68. The van der Waals surface area contributed by atoms with Crippen LogP contribution in [0.2, 0.25) is 0 Å². The molecule has 3 nitrogen and oxygen atoms in total. The van der Waals surface area contributed by atoms with E-state index in [1.54, 1.807) is 12.3 Å². The van der Waals surface area contributed by atoms with Gasteiger partial charge in [0.25, 0.3) is 0 Å². The van der Waals surface area contributed by atoms with Crippen molar-refractivity contribution < 1.29 is 9.53 Å². The van der Waals surface area contributed by atoms with E-state index in [0.717, 1.165) is 5.56 Å². The molecule has 1 rings (SSSR count). The summed E-state index contributed by atoms with van der Waals surface area (Å²) in [5.74, 6) is -0.240. The molecule has 0 saturated heterocycles. The largest absolute Gasteiger partial charge is 0.469 e. The highest BCUT2D eigenvalue weighted by molar-refractivity contribution is 5.72. The minimum Gasteiger partial charge on any atom is -0.469 e. The Morgan fingerprint density at radius 3 is 3.20 bits per heavy atom. The van der Waals surface area contributed by atoms with Crippen molar-refractivity contribution in [2.24, 2.45) is 0 Å². The number of H-pyrrole nitrogens is 1. The van der Waals surface area contributed by atoms with Crippen LogP contribution in [0.3, 0.4) is 0 Å². The van der Waals surface area contributed by atoms with Gasteiger partial charge in [-0.25, -0.2) is 0 Å². The van der Waals surface area contributed by atoms with Crippen molar-refractivity contribution in [3.05, 3.63) is 24.0 Å². The molecule has 0 amide bonds. The summed E-state index contributed by atoms with van der Waals surface area (Å²) in [4.78, 5) is 13.3. The Bertz CT molecular complexity index is 203. The zero-order chi connectivity index (χ0) is 7.40. The van der Waals surface area contributed by atoms with Gasteiger partial charge in [-0.2, -0.15) is 0 Å². The molecule has 1 radical (unpaired) electrons. The third kappa shape index (κ3) is 1.62. The van der Waals surface area contributed by atoms with E-state index in [9.17, 15) is 4.79 Å². The summed E-state index contributed by atoms with van der Waals surface area (Å²) in [5, 5.41) is 0. The minimum atomic E-state index is -0.240. The highest BCUT2D eigenvalue weighted by Gasteiger charge is 2.01. The van der Waals surface area contributed by atoms with Crippen LogP contribution in [0.5, 0.6) is 0 Å². The number of hydrogen-bond donors (Lipinski definition) is 1. The number of aromatic amines is 1. The average molecular weight is 138 g/mol. The fourth-order valence-electron chi connectivity index (χ4n) is 0.649. The Balaban J connectivity index is 2.48. The van der Waals surface area contributed by atoms with Crippen molar-refractivity contribution in [1.82, 2.24) is 4.98 Å². The molecule has 53 valence electrons. The Labute approximate surface area is 59.0 Å².